The summed E-state index contributed by atoms with van der Waals surface area (Å²) in [5.41, 5.74) is 8.62. The Balaban J connectivity index is 1.76. The number of anilines is 1. The van der Waals surface area contributed by atoms with E-state index in [9.17, 15) is 4.79 Å². The molecule has 0 atom stereocenters. The van der Waals surface area contributed by atoms with Crippen LogP contribution in [-0.2, 0) is 0 Å². The van der Waals surface area contributed by atoms with E-state index in [0.29, 0.717) is 5.69 Å². The molecule has 1 aromatic heterocycles. The van der Waals surface area contributed by atoms with Crippen LogP contribution in [0.4, 0.5) is 5.69 Å². The summed E-state index contributed by atoms with van der Waals surface area (Å²) >= 11 is 0. The van der Waals surface area contributed by atoms with Crippen molar-refractivity contribution in [2.24, 2.45) is 0 Å². The fourth-order valence-electron chi connectivity index (χ4n) is 3.42. The first-order chi connectivity index (χ1) is 14.4. The van der Waals surface area contributed by atoms with Gasteiger partial charge < -0.3 is 5.32 Å². The topological polar surface area (TPSA) is 46.9 Å². The Kier molecular flexibility index (Phi) is 5.23. The number of nitrogens with one attached hydrogen (secondary N) is 1. The second-order valence-corrected chi connectivity index (χ2v) is 7.73. The van der Waals surface area contributed by atoms with Crippen LogP contribution < -0.4 is 5.32 Å². The lowest BCUT2D eigenvalue weighted by atomic mass is 10.1. The van der Waals surface area contributed by atoms with Crippen molar-refractivity contribution in [2.75, 3.05) is 5.32 Å². The molecule has 1 heterocycles. The summed E-state index contributed by atoms with van der Waals surface area (Å²) in [6, 6.07) is 24.1. The highest BCUT2D eigenvalue weighted by atomic mass is 16.1. The lowest BCUT2D eigenvalue weighted by Crippen LogP contribution is -2.13. The summed E-state index contributed by atoms with van der Waals surface area (Å²) in [4.78, 5) is 13.0. The molecule has 3 aromatic carbocycles. The highest BCUT2D eigenvalue weighted by molar-refractivity contribution is 6.03. The summed E-state index contributed by atoms with van der Waals surface area (Å²) in [6.45, 7) is 8.20. The van der Waals surface area contributed by atoms with Gasteiger partial charge in [-0.3, -0.25) is 4.79 Å². The minimum Gasteiger partial charge on any atom is -0.321 e. The maximum atomic E-state index is 13.0. The fraction of sp³-hybridized carbons (Fsp3) is 0.154. The van der Waals surface area contributed by atoms with Gasteiger partial charge in [0.2, 0.25) is 0 Å². The van der Waals surface area contributed by atoms with Crippen LogP contribution in [-0.4, -0.2) is 15.7 Å². The first kappa shape index (κ1) is 19.6. The van der Waals surface area contributed by atoms with Crippen molar-refractivity contribution in [3.63, 3.8) is 0 Å². The molecule has 1 N–H and O–H groups in total. The van der Waals surface area contributed by atoms with Crippen LogP contribution in [0.25, 0.3) is 16.9 Å². The standard InChI is InChI=1S/C26H25N3O/c1-17-9-12-21(13-10-17)25-16-23(28-29(25)24-8-6-5-7-19(24)3)26(30)27-22-14-11-18(2)20(4)15-22/h5-16H,1-4H3,(H,27,30). The molecule has 0 aliphatic carbocycles. The molecular weight excluding hydrogens is 370 g/mol. The molecule has 150 valence electrons. The third-order valence-corrected chi connectivity index (χ3v) is 5.40. The summed E-state index contributed by atoms with van der Waals surface area (Å²) < 4.78 is 1.86. The molecule has 1 amide bonds. The Hall–Kier alpha value is -3.66. The Labute approximate surface area is 177 Å². The first-order valence-electron chi connectivity index (χ1n) is 10.0. The lowest BCUT2D eigenvalue weighted by Gasteiger charge is -2.10. The third-order valence-electron chi connectivity index (χ3n) is 5.40. The van der Waals surface area contributed by atoms with Crippen LogP contribution in [0, 0.1) is 27.7 Å². The van der Waals surface area contributed by atoms with Crippen molar-refractivity contribution in [1.82, 2.24) is 9.78 Å². The van der Waals surface area contributed by atoms with Crippen LogP contribution in [0.5, 0.6) is 0 Å². The predicted octanol–water partition coefficient (Wildman–Crippen LogP) is 6.03. The van der Waals surface area contributed by atoms with Crippen LogP contribution in [0.1, 0.15) is 32.7 Å². The molecule has 0 aliphatic rings. The molecule has 0 saturated heterocycles. The van der Waals surface area contributed by atoms with Gasteiger partial charge in [0.1, 0.15) is 0 Å². The second-order valence-electron chi connectivity index (χ2n) is 7.73. The minimum atomic E-state index is -0.223. The molecule has 4 rings (SSSR count). The highest BCUT2D eigenvalue weighted by Gasteiger charge is 2.18. The van der Waals surface area contributed by atoms with Crippen molar-refractivity contribution in [3.8, 4) is 16.9 Å². The Morgan fingerprint density at radius 2 is 1.53 bits per heavy atom. The number of amides is 1. The van der Waals surface area contributed by atoms with Crippen molar-refractivity contribution in [2.45, 2.75) is 27.7 Å². The van der Waals surface area contributed by atoms with Crippen molar-refractivity contribution in [1.29, 1.82) is 0 Å². The summed E-state index contributed by atoms with van der Waals surface area (Å²) in [5.74, 6) is -0.223. The third kappa shape index (κ3) is 3.90. The van der Waals surface area contributed by atoms with Gasteiger partial charge in [0.05, 0.1) is 11.4 Å². The Morgan fingerprint density at radius 1 is 0.800 bits per heavy atom. The molecule has 0 bridgehead atoms. The van der Waals surface area contributed by atoms with Gasteiger partial charge in [-0.15, -0.1) is 0 Å². The monoisotopic (exact) mass is 395 g/mol. The van der Waals surface area contributed by atoms with Crippen molar-refractivity contribution < 1.29 is 4.79 Å². The highest BCUT2D eigenvalue weighted by Crippen LogP contribution is 2.26. The zero-order valence-corrected chi connectivity index (χ0v) is 17.7. The first-order valence-corrected chi connectivity index (χ1v) is 10.0. The number of hydrogen-bond donors (Lipinski definition) is 1. The number of aromatic nitrogens is 2. The van der Waals surface area contributed by atoms with Gasteiger partial charge in [0, 0.05) is 11.3 Å². The van der Waals surface area contributed by atoms with Gasteiger partial charge in [0.15, 0.2) is 5.69 Å². The number of carbonyl (C=O) groups excluding carboxylic acids is 1. The Morgan fingerprint density at radius 3 is 2.23 bits per heavy atom. The molecule has 0 fully saturated rings. The Bertz CT molecular complexity index is 1220. The van der Waals surface area contributed by atoms with Crippen molar-refractivity contribution in [3.05, 3.63) is 101 Å². The van der Waals surface area contributed by atoms with E-state index in [-0.39, 0.29) is 5.91 Å². The van der Waals surface area contributed by atoms with Crippen LogP contribution in [0.15, 0.2) is 72.8 Å². The molecule has 4 aromatic rings. The van der Waals surface area contributed by atoms with Crippen LogP contribution >= 0.6 is 0 Å². The molecule has 0 aliphatic heterocycles. The number of nitrogens with zero attached hydrogens (tertiary/aromatic N) is 2. The molecule has 30 heavy (non-hydrogen) atoms. The summed E-state index contributed by atoms with van der Waals surface area (Å²) in [6.07, 6.45) is 0. The van der Waals surface area contributed by atoms with E-state index in [1.807, 2.05) is 67.1 Å². The average molecular weight is 396 g/mol. The zero-order valence-electron chi connectivity index (χ0n) is 17.7. The quantitative estimate of drug-likeness (QED) is 0.459. The van der Waals surface area contributed by atoms with E-state index in [1.165, 1.54) is 11.1 Å². The lowest BCUT2D eigenvalue weighted by molar-refractivity contribution is 0.102. The zero-order chi connectivity index (χ0) is 21.3. The fourth-order valence-corrected chi connectivity index (χ4v) is 3.42. The van der Waals surface area contributed by atoms with Gasteiger partial charge in [-0.05, 0) is 68.7 Å². The molecule has 0 unspecified atom stereocenters. The number of rotatable bonds is 4. The van der Waals surface area contributed by atoms with Crippen LogP contribution in [0.2, 0.25) is 0 Å². The average Bonchev–Trinajstić information content (AvgIpc) is 3.17. The van der Waals surface area contributed by atoms with E-state index in [1.54, 1.807) is 0 Å². The van der Waals surface area contributed by atoms with Gasteiger partial charge in [-0.2, -0.15) is 5.10 Å². The smallest absolute Gasteiger partial charge is 0.276 e. The number of carbonyl (C=O) groups is 1. The van der Waals surface area contributed by atoms with E-state index < -0.39 is 0 Å². The number of hydrogen-bond acceptors (Lipinski definition) is 2. The largest absolute Gasteiger partial charge is 0.321 e. The SMILES string of the molecule is Cc1ccc(-c2cc(C(=O)Nc3ccc(C)c(C)c3)nn2-c2ccccc2C)cc1. The normalized spacial score (nSPS) is 10.8. The molecule has 4 nitrogen and oxygen atoms in total. The van der Waals surface area contributed by atoms with E-state index in [0.717, 1.165) is 33.8 Å². The molecule has 0 spiro atoms. The molecule has 0 saturated carbocycles. The molecular formula is C26H25N3O. The minimum absolute atomic E-state index is 0.223. The van der Waals surface area contributed by atoms with E-state index >= 15 is 0 Å². The summed E-state index contributed by atoms with van der Waals surface area (Å²) in [5, 5.41) is 7.66. The number of benzene rings is 3. The molecule has 0 radical (unpaired) electrons. The van der Waals surface area contributed by atoms with E-state index in [2.05, 4.69) is 48.5 Å². The van der Waals surface area contributed by atoms with Gasteiger partial charge in [-0.25, -0.2) is 4.68 Å². The maximum Gasteiger partial charge on any atom is 0.276 e. The number of para-hydroxylation sites is 1. The summed E-state index contributed by atoms with van der Waals surface area (Å²) in [7, 11) is 0. The predicted molar refractivity (Wildman–Crippen MR) is 122 cm³/mol. The van der Waals surface area contributed by atoms with Crippen LogP contribution in [0.3, 0.4) is 0 Å². The van der Waals surface area contributed by atoms with E-state index in [4.69, 9.17) is 0 Å². The second kappa shape index (κ2) is 7.99. The van der Waals surface area contributed by atoms with Crippen molar-refractivity contribution >= 4 is 11.6 Å². The van der Waals surface area contributed by atoms with Gasteiger partial charge in [-0.1, -0.05) is 54.1 Å². The number of aryl methyl sites for hydroxylation is 4. The van der Waals surface area contributed by atoms with Gasteiger partial charge >= 0.3 is 0 Å². The maximum absolute atomic E-state index is 13.0. The van der Waals surface area contributed by atoms with Gasteiger partial charge in [0.25, 0.3) is 5.91 Å². The molecule has 4 heteroatoms.